The van der Waals surface area contributed by atoms with Gasteiger partial charge in [0.15, 0.2) is 11.2 Å². The van der Waals surface area contributed by atoms with Crippen molar-refractivity contribution in [3.8, 4) is 17.2 Å². The van der Waals surface area contributed by atoms with Gasteiger partial charge in [0.05, 0.1) is 12.7 Å². The lowest BCUT2D eigenvalue weighted by atomic mass is 10.0. The van der Waals surface area contributed by atoms with Crippen molar-refractivity contribution in [2.45, 2.75) is 0 Å². The number of hydrogen-bond donors (Lipinski definition) is 1. The highest BCUT2D eigenvalue weighted by molar-refractivity contribution is 6.10. The molecule has 5 aromatic rings. The van der Waals surface area contributed by atoms with Gasteiger partial charge in [0, 0.05) is 22.8 Å². The highest BCUT2D eigenvalue weighted by atomic mass is 16.5. The Labute approximate surface area is 172 Å². The van der Waals surface area contributed by atoms with Crippen LogP contribution in [0, 0.1) is 0 Å². The molecular formula is C24H17N3O3. The third-order valence-electron chi connectivity index (χ3n) is 4.88. The van der Waals surface area contributed by atoms with E-state index in [1.54, 1.807) is 25.4 Å². The number of ether oxygens (including phenoxy) is 1. The highest BCUT2D eigenvalue weighted by Crippen LogP contribution is 2.30. The van der Waals surface area contributed by atoms with Crippen molar-refractivity contribution in [1.82, 2.24) is 9.97 Å². The van der Waals surface area contributed by atoms with E-state index in [1.807, 2.05) is 60.7 Å². The summed E-state index contributed by atoms with van der Waals surface area (Å²) in [7, 11) is 1.57. The number of benzene rings is 3. The Kier molecular flexibility index (Phi) is 4.37. The first-order chi connectivity index (χ1) is 14.7. The largest absolute Gasteiger partial charge is 0.495 e. The van der Waals surface area contributed by atoms with Gasteiger partial charge in [-0.3, -0.25) is 4.79 Å². The fraction of sp³-hybridized carbons (Fsp3) is 0.0417. The van der Waals surface area contributed by atoms with Crippen LogP contribution in [0.1, 0.15) is 10.4 Å². The van der Waals surface area contributed by atoms with E-state index >= 15 is 0 Å². The maximum atomic E-state index is 12.9. The van der Waals surface area contributed by atoms with E-state index < -0.39 is 0 Å². The van der Waals surface area contributed by atoms with Gasteiger partial charge in [-0.15, -0.1) is 0 Å². The van der Waals surface area contributed by atoms with E-state index in [0.29, 0.717) is 34.1 Å². The minimum absolute atomic E-state index is 0.239. The predicted octanol–water partition coefficient (Wildman–Crippen LogP) is 5.30. The molecule has 6 heteroatoms. The Hall–Kier alpha value is -4.19. The molecule has 5 rings (SSSR count). The molecule has 146 valence electrons. The maximum Gasteiger partial charge on any atom is 0.259 e. The normalized spacial score (nSPS) is 11.0. The van der Waals surface area contributed by atoms with E-state index in [9.17, 15) is 4.79 Å². The molecule has 0 spiro atoms. The molecule has 0 saturated carbocycles. The van der Waals surface area contributed by atoms with Gasteiger partial charge < -0.3 is 14.5 Å². The van der Waals surface area contributed by atoms with E-state index in [0.717, 1.165) is 16.3 Å². The quantitative estimate of drug-likeness (QED) is 0.447. The van der Waals surface area contributed by atoms with Crippen molar-refractivity contribution >= 4 is 33.6 Å². The number of pyridine rings is 1. The third-order valence-corrected chi connectivity index (χ3v) is 4.88. The average Bonchev–Trinajstić information content (AvgIpc) is 3.23. The molecule has 2 aromatic heterocycles. The fourth-order valence-corrected chi connectivity index (χ4v) is 3.43. The number of nitrogens with zero attached hydrogens (tertiary/aromatic N) is 2. The van der Waals surface area contributed by atoms with Crippen LogP contribution in [0.25, 0.3) is 33.5 Å². The van der Waals surface area contributed by atoms with E-state index in [1.165, 1.54) is 0 Å². The lowest BCUT2D eigenvalue weighted by Crippen LogP contribution is -2.13. The molecule has 0 bridgehead atoms. The number of aromatic nitrogens is 2. The van der Waals surface area contributed by atoms with E-state index in [2.05, 4.69) is 15.3 Å². The first-order valence-electron chi connectivity index (χ1n) is 9.42. The molecule has 0 aliphatic rings. The van der Waals surface area contributed by atoms with Crippen LogP contribution in [0.2, 0.25) is 0 Å². The lowest BCUT2D eigenvalue weighted by Gasteiger charge is -2.12. The van der Waals surface area contributed by atoms with Gasteiger partial charge in [-0.05, 0) is 47.9 Å². The van der Waals surface area contributed by atoms with Crippen molar-refractivity contribution in [1.29, 1.82) is 0 Å². The van der Waals surface area contributed by atoms with Gasteiger partial charge in [0.25, 0.3) is 5.91 Å². The van der Waals surface area contributed by atoms with Gasteiger partial charge in [-0.2, -0.15) is 4.98 Å². The smallest absolute Gasteiger partial charge is 0.259 e. The van der Waals surface area contributed by atoms with E-state index in [-0.39, 0.29) is 5.91 Å². The summed E-state index contributed by atoms with van der Waals surface area (Å²) in [6.07, 6.45) is 1.67. The summed E-state index contributed by atoms with van der Waals surface area (Å²) in [6.45, 7) is 0. The van der Waals surface area contributed by atoms with Crippen molar-refractivity contribution < 1.29 is 13.9 Å². The van der Waals surface area contributed by atoms with Crippen LogP contribution in [0.3, 0.4) is 0 Å². The second kappa shape index (κ2) is 7.33. The Balaban J connectivity index is 1.41. The summed E-state index contributed by atoms with van der Waals surface area (Å²) in [5.74, 6) is 0.801. The summed E-state index contributed by atoms with van der Waals surface area (Å²) in [4.78, 5) is 21.5. The summed E-state index contributed by atoms with van der Waals surface area (Å²) < 4.78 is 11.3. The number of methoxy groups -OCH3 is 1. The van der Waals surface area contributed by atoms with Crippen molar-refractivity contribution in [3.63, 3.8) is 0 Å². The minimum atomic E-state index is -0.239. The molecule has 0 aliphatic carbocycles. The molecule has 6 nitrogen and oxygen atoms in total. The number of fused-ring (bicyclic) bond motifs is 2. The zero-order valence-corrected chi connectivity index (χ0v) is 16.1. The summed E-state index contributed by atoms with van der Waals surface area (Å²) >= 11 is 0. The van der Waals surface area contributed by atoms with Gasteiger partial charge in [-0.1, -0.05) is 30.3 Å². The van der Waals surface area contributed by atoms with Crippen LogP contribution in [0.5, 0.6) is 5.75 Å². The second-order valence-electron chi connectivity index (χ2n) is 6.74. The van der Waals surface area contributed by atoms with Gasteiger partial charge in [-0.25, -0.2) is 4.98 Å². The van der Waals surface area contributed by atoms with Crippen molar-refractivity contribution in [2.75, 3.05) is 12.4 Å². The Morgan fingerprint density at radius 3 is 2.60 bits per heavy atom. The SMILES string of the molecule is COc1c(C(=O)Nc2ccc(-c3nc4ncccc4o3)cc2)ccc2ccccc12. The first kappa shape index (κ1) is 17.9. The van der Waals surface area contributed by atoms with Crippen LogP contribution in [0.15, 0.2) is 83.4 Å². The molecule has 0 radical (unpaired) electrons. The molecule has 0 aliphatic heterocycles. The topological polar surface area (TPSA) is 77.2 Å². The Bertz CT molecular complexity index is 1340. The summed E-state index contributed by atoms with van der Waals surface area (Å²) in [6, 6.07) is 22.4. The van der Waals surface area contributed by atoms with Crippen molar-refractivity contribution in [3.05, 3.63) is 84.6 Å². The summed E-state index contributed by atoms with van der Waals surface area (Å²) in [5, 5.41) is 4.83. The molecule has 3 aromatic carbocycles. The zero-order chi connectivity index (χ0) is 20.5. The minimum Gasteiger partial charge on any atom is -0.495 e. The number of oxazole rings is 1. The number of nitrogens with one attached hydrogen (secondary N) is 1. The fourth-order valence-electron chi connectivity index (χ4n) is 3.43. The molecule has 1 N–H and O–H groups in total. The highest BCUT2D eigenvalue weighted by Gasteiger charge is 2.16. The third kappa shape index (κ3) is 3.14. The Morgan fingerprint density at radius 1 is 0.967 bits per heavy atom. The van der Waals surface area contributed by atoms with Crippen LogP contribution in [-0.4, -0.2) is 23.0 Å². The van der Waals surface area contributed by atoms with Crippen LogP contribution in [0.4, 0.5) is 5.69 Å². The number of carbonyl (C=O) groups is 1. The Morgan fingerprint density at radius 2 is 1.80 bits per heavy atom. The number of amides is 1. The molecule has 0 unspecified atom stereocenters. The molecule has 0 fully saturated rings. The van der Waals surface area contributed by atoms with Crippen molar-refractivity contribution in [2.24, 2.45) is 0 Å². The molecule has 0 saturated heterocycles. The van der Waals surface area contributed by atoms with Gasteiger partial charge in [0.1, 0.15) is 5.75 Å². The van der Waals surface area contributed by atoms with Crippen LogP contribution in [-0.2, 0) is 0 Å². The number of anilines is 1. The predicted molar refractivity (Wildman–Crippen MR) is 116 cm³/mol. The average molecular weight is 395 g/mol. The number of carbonyl (C=O) groups excluding carboxylic acids is 1. The number of rotatable bonds is 4. The van der Waals surface area contributed by atoms with E-state index in [4.69, 9.17) is 9.15 Å². The first-order valence-corrected chi connectivity index (χ1v) is 9.42. The zero-order valence-electron chi connectivity index (χ0n) is 16.1. The van der Waals surface area contributed by atoms with Crippen LogP contribution < -0.4 is 10.1 Å². The van der Waals surface area contributed by atoms with Gasteiger partial charge >= 0.3 is 0 Å². The standard InChI is InChI=1S/C24H17N3O3/c1-29-21-18-6-3-2-5-15(18)10-13-19(21)23(28)26-17-11-8-16(9-12-17)24-27-22-20(30-24)7-4-14-25-22/h2-14H,1H3,(H,26,28). The lowest BCUT2D eigenvalue weighted by molar-refractivity contribution is 0.102. The molecule has 0 atom stereocenters. The number of hydrogen-bond acceptors (Lipinski definition) is 5. The summed E-state index contributed by atoms with van der Waals surface area (Å²) in [5.41, 5.74) is 3.13. The van der Waals surface area contributed by atoms with Crippen LogP contribution >= 0.6 is 0 Å². The second-order valence-corrected chi connectivity index (χ2v) is 6.74. The molecule has 30 heavy (non-hydrogen) atoms. The maximum absolute atomic E-state index is 12.9. The van der Waals surface area contributed by atoms with Gasteiger partial charge in [0.2, 0.25) is 5.89 Å². The molecular weight excluding hydrogens is 378 g/mol. The molecule has 2 heterocycles. The monoisotopic (exact) mass is 395 g/mol. The molecule has 1 amide bonds.